The lowest BCUT2D eigenvalue weighted by Gasteiger charge is -2.22. The first-order valence-electron chi connectivity index (χ1n) is 7.73. The second-order valence-corrected chi connectivity index (χ2v) is 6.76. The first kappa shape index (κ1) is 15.2. The topological polar surface area (TPSA) is 52.6 Å². The largest absolute Gasteiger partial charge is 0.291 e. The smallest absolute Gasteiger partial charge is 0.138 e. The molecule has 0 spiro atoms. The summed E-state index contributed by atoms with van der Waals surface area (Å²) in [5.41, 5.74) is 3.32. The summed E-state index contributed by atoms with van der Waals surface area (Å²) in [6.07, 6.45) is 1.23. The predicted molar refractivity (Wildman–Crippen MR) is 96.1 cm³/mol. The van der Waals surface area contributed by atoms with E-state index < -0.39 is 0 Å². The van der Waals surface area contributed by atoms with Crippen LogP contribution in [-0.4, -0.2) is 10.9 Å². The molecule has 1 aromatic heterocycles. The van der Waals surface area contributed by atoms with Gasteiger partial charge in [0.2, 0.25) is 0 Å². The molecule has 0 fully saturated rings. The van der Waals surface area contributed by atoms with E-state index in [9.17, 15) is 0 Å². The SMILES string of the molecule is CC(C)(C)c1cccc2cc(-c3ccccc3)n(C=N)c(=N)c12. The lowest BCUT2D eigenvalue weighted by atomic mass is 9.84. The molecule has 0 aliphatic carbocycles. The fourth-order valence-electron chi connectivity index (χ4n) is 3.00. The highest BCUT2D eigenvalue weighted by molar-refractivity contribution is 5.90. The van der Waals surface area contributed by atoms with Crippen molar-refractivity contribution in [3.63, 3.8) is 0 Å². The van der Waals surface area contributed by atoms with Gasteiger partial charge in [-0.25, -0.2) is 0 Å². The van der Waals surface area contributed by atoms with Crippen LogP contribution in [0.3, 0.4) is 0 Å². The van der Waals surface area contributed by atoms with Gasteiger partial charge in [0.05, 0.1) is 12.0 Å². The third-order valence-electron chi connectivity index (χ3n) is 4.13. The van der Waals surface area contributed by atoms with Gasteiger partial charge in [-0.15, -0.1) is 0 Å². The normalized spacial score (nSPS) is 11.6. The van der Waals surface area contributed by atoms with Gasteiger partial charge < -0.3 is 0 Å². The van der Waals surface area contributed by atoms with E-state index in [1.54, 1.807) is 4.57 Å². The minimum Gasteiger partial charge on any atom is -0.291 e. The maximum atomic E-state index is 8.66. The number of pyridine rings is 1. The summed E-state index contributed by atoms with van der Waals surface area (Å²) in [5, 5.41) is 18.4. The number of hydrogen-bond donors (Lipinski definition) is 2. The van der Waals surface area contributed by atoms with E-state index in [1.807, 2.05) is 42.5 Å². The molecule has 0 unspecified atom stereocenters. The summed E-state index contributed by atoms with van der Waals surface area (Å²) in [6, 6.07) is 18.2. The fraction of sp³-hybridized carbons (Fsp3) is 0.200. The Morgan fingerprint density at radius 3 is 2.26 bits per heavy atom. The quantitative estimate of drug-likeness (QED) is 0.516. The molecule has 2 N–H and O–H groups in total. The minimum atomic E-state index is -0.0522. The van der Waals surface area contributed by atoms with Crippen molar-refractivity contribution in [2.24, 2.45) is 0 Å². The third-order valence-corrected chi connectivity index (χ3v) is 4.13. The van der Waals surface area contributed by atoms with Crippen LogP contribution in [0.4, 0.5) is 0 Å². The number of fused-ring (bicyclic) bond motifs is 1. The summed E-state index contributed by atoms with van der Waals surface area (Å²) in [6.45, 7) is 6.46. The van der Waals surface area contributed by atoms with Crippen LogP contribution in [0.5, 0.6) is 0 Å². The van der Waals surface area contributed by atoms with Crippen LogP contribution in [0.25, 0.3) is 22.0 Å². The average molecular weight is 303 g/mol. The Kier molecular flexibility index (Phi) is 3.64. The van der Waals surface area contributed by atoms with E-state index in [4.69, 9.17) is 10.8 Å². The summed E-state index contributed by atoms with van der Waals surface area (Å²) in [4.78, 5) is 0. The van der Waals surface area contributed by atoms with Crippen molar-refractivity contribution < 1.29 is 0 Å². The first-order chi connectivity index (χ1) is 10.9. The van der Waals surface area contributed by atoms with Crippen LogP contribution in [0.15, 0.2) is 54.6 Å². The molecule has 0 aliphatic heterocycles. The zero-order chi connectivity index (χ0) is 16.6. The molecule has 0 atom stereocenters. The first-order valence-corrected chi connectivity index (χ1v) is 7.73. The molecule has 0 aliphatic rings. The average Bonchev–Trinajstić information content (AvgIpc) is 2.54. The van der Waals surface area contributed by atoms with Crippen LogP contribution in [-0.2, 0) is 5.41 Å². The molecule has 0 bridgehead atoms. The Hall–Kier alpha value is -2.68. The molecule has 0 saturated heterocycles. The molecule has 1 heterocycles. The second kappa shape index (κ2) is 5.51. The van der Waals surface area contributed by atoms with E-state index in [-0.39, 0.29) is 5.41 Å². The van der Waals surface area contributed by atoms with E-state index in [2.05, 4.69) is 32.9 Å². The van der Waals surface area contributed by atoms with Gasteiger partial charge in [-0.1, -0.05) is 69.3 Å². The highest BCUT2D eigenvalue weighted by Gasteiger charge is 2.19. The summed E-state index contributed by atoms with van der Waals surface area (Å²) in [5.74, 6) is 0. The Bertz CT molecular complexity index is 929. The van der Waals surface area contributed by atoms with Crippen LogP contribution in [0.1, 0.15) is 26.3 Å². The molecule has 23 heavy (non-hydrogen) atoms. The number of nitrogens with one attached hydrogen (secondary N) is 2. The molecule has 3 heteroatoms. The lowest BCUT2D eigenvalue weighted by molar-refractivity contribution is 0.595. The van der Waals surface area contributed by atoms with E-state index >= 15 is 0 Å². The highest BCUT2D eigenvalue weighted by Crippen LogP contribution is 2.30. The van der Waals surface area contributed by atoms with Gasteiger partial charge >= 0.3 is 0 Å². The van der Waals surface area contributed by atoms with Gasteiger partial charge in [0, 0.05) is 5.39 Å². The summed E-state index contributed by atoms with van der Waals surface area (Å²) >= 11 is 0. The zero-order valence-electron chi connectivity index (χ0n) is 13.7. The third kappa shape index (κ3) is 2.59. The number of rotatable bonds is 2. The van der Waals surface area contributed by atoms with E-state index in [0.29, 0.717) is 5.49 Å². The van der Waals surface area contributed by atoms with Gasteiger partial charge in [0.15, 0.2) is 0 Å². The molecule has 0 saturated carbocycles. The van der Waals surface area contributed by atoms with Crippen molar-refractivity contribution in [3.05, 3.63) is 65.6 Å². The van der Waals surface area contributed by atoms with Crippen molar-refractivity contribution in [2.75, 3.05) is 0 Å². The van der Waals surface area contributed by atoms with Crippen molar-refractivity contribution in [2.45, 2.75) is 26.2 Å². The Morgan fingerprint density at radius 2 is 1.65 bits per heavy atom. The number of benzene rings is 2. The Labute approximate surface area is 136 Å². The van der Waals surface area contributed by atoms with Crippen LogP contribution in [0.2, 0.25) is 0 Å². The van der Waals surface area contributed by atoms with Crippen molar-refractivity contribution >= 4 is 17.1 Å². The molecule has 116 valence electrons. The number of aromatic nitrogens is 1. The van der Waals surface area contributed by atoms with Gasteiger partial charge in [-0.05, 0) is 28.0 Å². The maximum absolute atomic E-state index is 8.66. The molecular weight excluding hydrogens is 282 g/mol. The molecule has 2 aromatic carbocycles. The van der Waals surface area contributed by atoms with E-state index in [1.165, 1.54) is 6.34 Å². The number of nitrogens with zero attached hydrogens (tertiary/aromatic N) is 1. The molecule has 3 nitrogen and oxygen atoms in total. The van der Waals surface area contributed by atoms with Crippen LogP contribution < -0.4 is 5.49 Å². The van der Waals surface area contributed by atoms with Gasteiger partial charge in [-0.2, -0.15) is 0 Å². The van der Waals surface area contributed by atoms with Gasteiger partial charge in [-0.3, -0.25) is 15.4 Å². The molecular formula is C20H21N3. The molecule has 0 amide bonds. The van der Waals surface area contributed by atoms with Crippen LogP contribution >= 0.6 is 0 Å². The van der Waals surface area contributed by atoms with Crippen molar-refractivity contribution in [3.8, 4) is 11.3 Å². The van der Waals surface area contributed by atoms with Crippen LogP contribution in [0, 0.1) is 10.8 Å². The molecule has 3 rings (SSSR count). The van der Waals surface area contributed by atoms with Gasteiger partial charge in [0.1, 0.15) is 5.49 Å². The Morgan fingerprint density at radius 1 is 0.957 bits per heavy atom. The second-order valence-electron chi connectivity index (χ2n) is 6.76. The maximum Gasteiger partial charge on any atom is 0.138 e. The summed E-state index contributed by atoms with van der Waals surface area (Å²) < 4.78 is 1.65. The monoisotopic (exact) mass is 303 g/mol. The fourth-order valence-corrected chi connectivity index (χ4v) is 3.00. The Balaban J connectivity index is 2.44. The lowest BCUT2D eigenvalue weighted by Crippen LogP contribution is -2.25. The molecule has 3 aromatic rings. The van der Waals surface area contributed by atoms with Crippen molar-refractivity contribution in [1.29, 1.82) is 10.8 Å². The standard InChI is InChI=1S/C20H21N3/c1-20(2,3)16-11-7-10-15-12-17(14-8-5-4-6-9-14)23(13-21)19(22)18(15)16/h4-13,21-22H,1-3H3. The van der Waals surface area contributed by atoms with Gasteiger partial charge in [0.25, 0.3) is 0 Å². The highest BCUT2D eigenvalue weighted by atomic mass is 15.0. The predicted octanol–water partition coefficient (Wildman–Crippen LogP) is 4.54. The zero-order valence-corrected chi connectivity index (χ0v) is 13.7. The van der Waals surface area contributed by atoms with E-state index in [0.717, 1.165) is 27.6 Å². The molecule has 0 radical (unpaired) electrons. The summed E-state index contributed by atoms with van der Waals surface area (Å²) in [7, 11) is 0. The number of hydrogen-bond acceptors (Lipinski definition) is 2. The minimum absolute atomic E-state index is 0.0522. The van der Waals surface area contributed by atoms with Crippen molar-refractivity contribution in [1.82, 2.24) is 4.57 Å².